The SMILES string of the molecule is COCCNc1cc([C@H]2CCOC2)nc(C)n1. The summed E-state index contributed by atoms with van der Waals surface area (Å²) < 4.78 is 10.4. The molecule has 0 bridgehead atoms. The number of hydrogen-bond acceptors (Lipinski definition) is 5. The van der Waals surface area contributed by atoms with Gasteiger partial charge in [-0.2, -0.15) is 0 Å². The molecule has 2 rings (SSSR count). The van der Waals surface area contributed by atoms with Crippen molar-refractivity contribution < 1.29 is 9.47 Å². The summed E-state index contributed by atoms with van der Waals surface area (Å²) in [7, 11) is 1.69. The van der Waals surface area contributed by atoms with Crippen LogP contribution >= 0.6 is 0 Å². The van der Waals surface area contributed by atoms with Gasteiger partial charge in [0.15, 0.2) is 0 Å². The van der Waals surface area contributed by atoms with Gasteiger partial charge in [0.1, 0.15) is 11.6 Å². The van der Waals surface area contributed by atoms with E-state index in [1.165, 1.54) is 0 Å². The van der Waals surface area contributed by atoms with Crippen LogP contribution in [0.25, 0.3) is 0 Å². The third-order valence-electron chi connectivity index (χ3n) is 2.82. The van der Waals surface area contributed by atoms with E-state index in [9.17, 15) is 0 Å². The van der Waals surface area contributed by atoms with E-state index in [0.717, 1.165) is 43.5 Å². The second-order valence-electron chi connectivity index (χ2n) is 4.21. The Morgan fingerprint density at radius 3 is 3.12 bits per heavy atom. The van der Waals surface area contributed by atoms with Crippen molar-refractivity contribution in [2.24, 2.45) is 0 Å². The van der Waals surface area contributed by atoms with Crippen molar-refractivity contribution in [2.75, 3.05) is 38.8 Å². The molecule has 1 aromatic rings. The number of methoxy groups -OCH3 is 1. The third kappa shape index (κ3) is 3.38. The molecule has 0 amide bonds. The normalized spacial score (nSPS) is 19.5. The standard InChI is InChI=1S/C12H19N3O2/c1-9-14-11(10-3-5-17-8-10)7-12(15-9)13-4-6-16-2/h7,10H,3-6,8H2,1-2H3,(H,13,14,15)/t10-/m0/s1. The molecule has 94 valence electrons. The molecule has 5 nitrogen and oxygen atoms in total. The van der Waals surface area contributed by atoms with Crippen molar-refractivity contribution in [1.82, 2.24) is 9.97 Å². The van der Waals surface area contributed by atoms with Crippen LogP contribution in [0.4, 0.5) is 5.82 Å². The molecule has 0 radical (unpaired) electrons. The molecule has 1 N–H and O–H groups in total. The predicted molar refractivity (Wildman–Crippen MR) is 65.3 cm³/mol. The summed E-state index contributed by atoms with van der Waals surface area (Å²) in [6, 6.07) is 2.02. The van der Waals surface area contributed by atoms with E-state index in [2.05, 4.69) is 15.3 Å². The van der Waals surface area contributed by atoms with Crippen molar-refractivity contribution in [1.29, 1.82) is 0 Å². The fraction of sp³-hybridized carbons (Fsp3) is 0.667. The molecule has 1 aromatic heterocycles. The topological polar surface area (TPSA) is 56.3 Å². The molecule has 0 aliphatic carbocycles. The summed E-state index contributed by atoms with van der Waals surface area (Å²) in [4.78, 5) is 8.84. The van der Waals surface area contributed by atoms with Gasteiger partial charge >= 0.3 is 0 Å². The number of nitrogens with one attached hydrogen (secondary N) is 1. The Labute approximate surface area is 102 Å². The van der Waals surface area contributed by atoms with Crippen LogP contribution in [-0.4, -0.2) is 43.4 Å². The van der Waals surface area contributed by atoms with Gasteiger partial charge in [0.2, 0.25) is 0 Å². The lowest BCUT2D eigenvalue weighted by Gasteiger charge is -2.11. The zero-order valence-electron chi connectivity index (χ0n) is 10.4. The Kier molecular flexibility index (Phi) is 4.28. The molecule has 1 aliphatic rings. The fourth-order valence-electron chi connectivity index (χ4n) is 1.94. The van der Waals surface area contributed by atoms with Gasteiger partial charge in [-0.15, -0.1) is 0 Å². The fourth-order valence-corrected chi connectivity index (χ4v) is 1.94. The van der Waals surface area contributed by atoms with Crippen LogP contribution in [-0.2, 0) is 9.47 Å². The molecule has 2 heterocycles. The Hall–Kier alpha value is -1.20. The highest BCUT2D eigenvalue weighted by Gasteiger charge is 2.20. The van der Waals surface area contributed by atoms with Crippen molar-refractivity contribution in [3.63, 3.8) is 0 Å². The molecular weight excluding hydrogens is 218 g/mol. The summed E-state index contributed by atoms with van der Waals surface area (Å²) in [6.07, 6.45) is 1.05. The molecule has 1 saturated heterocycles. The lowest BCUT2D eigenvalue weighted by atomic mass is 10.0. The van der Waals surface area contributed by atoms with E-state index in [1.54, 1.807) is 7.11 Å². The first-order chi connectivity index (χ1) is 8.29. The van der Waals surface area contributed by atoms with E-state index in [1.807, 2.05) is 13.0 Å². The lowest BCUT2D eigenvalue weighted by molar-refractivity contribution is 0.193. The first-order valence-corrected chi connectivity index (χ1v) is 5.95. The summed E-state index contributed by atoms with van der Waals surface area (Å²) in [5.74, 6) is 2.09. The highest BCUT2D eigenvalue weighted by atomic mass is 16.5. The molecule has 0 saturated carbocycles. The van der Waals surface area contributed by atoms with Gasteiger partial charge in [-0.3, -0.25) is 0 Å². The number of aryl methyl sites for hydroxylation is 1. The lowest BCUT2D eigenvalue weighted by Crippen LogP contribution is -2.11. The summed E-state index contributed by atoms with van der Waals surface area (Å²) in [5, 5.41) is 3.23. The number of rotatable bonds is 5. The zero-order valence-corrected chi connectivity index (χ0v) is 10.4. The monoisotopic (exact) mass is 237 g/mol. The minimum atomic E-state index is 0.416. The van der Waals surface area contributed by atoms with Gasteiger partial charge in [0.05, 0.1) is 18.9 Å². The largest absolute Gasteiger partial charge is 0.383 e. The molecule has 0 unspecified atom stereocenters. The van der Waals surface area contributed by atoms with Crippen LogP contribution in [0.5, 0.6) is 0 Å². The Morgan fingerprint density at radius 1 is 1.53 bits per heavy atom. The zero-order chi connectivity index (χ0) is 12.1. The molecule has 0 aromatic carbocycles. The Morgan fingerprint density at radius 2 is 2.41 bits per heavy atom. The maximum absolute atomic E-state index is 5.39. The number of anilines is 1. The molecule has 17 heavy (non-hydrogen) atoms. The second-order valence-corrected chi connectivity index (χ2v) is 4.21. The number of ether oxygens (including phenoxy) is 2. The van der Waals surface area contributed by atoms with Crippen LogP contribution < -0.4 is 5.32 Å². The van der Waals surface area contributed by atoms with Crippen molar-refractivity contribution in [3.8, 4) is 0 Å². The van der Waals surface area contributed by atoms with Crippen LogP contribution in [0.1, 0.15) is 23.9 Å². The number of hydrogen-bond donors (Lipinski definition) is 1. The van der Waals surface area contributed by atoms with E-state index < -0.39 is 0 Å². The maximum Gasteiger partial charge on any atom is 0.130 e. The van der Waals surface area contributed by atoms with Gasteiger partial charge in [-0.1, -0.05) is 0 Å². The molecule has 0 spiro atoms. The smallest absolute Gasteiger partial charge is 0.130 e. The summed E-state index contributed by atoms with van der Waals surface area (Å²) in [5.41, 5.74) is 1.08. The highest BCUT2D eigenvalue weighted by Crippen LogP contribution is 2.24. The molecule has 1 atom stereocenters. The summed E-state index contributed by atoms with van der Waals surface area (Å²) in [6.45, 7) is 4.95. The maximum atomic E-state index is 5.39. The van der Waals surface area contributed by atoms with Crippen LogP contribution in [0.15, 0.2) is 6.07 Å². The quantitative estimate of drug-likeness (QED) is 0.783. The third-order valence-corrected chi connectivity index (χ3v) is 2.82. The van der Waals surface area contributed by atoms with Crippen molar-refractivity contribution in [2.45, 2.75) is 19.3 Å². The average Bonchev–Trinajstić information content (AvgIpc) is 2.82. The second kappa shape index (κ2) is 5.93. The minimum Gasteiger partial charge on any atom is -0.383 e. The van der Waals surface area contributed by atoms with E-state index in [4.69, 9.17) is 9.47 Å². The minimum absolute atomic E-state index is 0.416. The van der Waals surface area contributed by atoms with Gasteiger partial charge in [-0.05, 0) is 13.3 Å². The van der Waals surface area contributed by atoms with Gasteiger partial charge in [0.25, 0.3) is 0 Å². The number of nitrogens with zero attached hydrogens (tertiary/aromatic N) is 2. The van der Waals surface area contributed by atoms with Gasteiger partial charge < -0.3 is 14.8 Å². The molecule has 5 heteroatoms. The highest BCUT2D eigenvalue weighted by molar-refractivity contribution is 5.37. The molecular formula is C12H19N3O2. The Balaban J connectivity index is 2.05. The van der Waals surface area contributed by atoms with Crippen molar-refractivity contribution in [3.05, 3.63) is 17.6 Å². The first kappa shape index (κ1) is 12.3. The predicted octanol–water partition coefficient (Wildman–Crippen LogP) is 1.35. The van der Waals surface area contributed by atoms with Gasteiger partial charge in [-0.25, -0.2) is 9.97 Å². The first-order valence-electron chi connectivity index (χ1n) is 5.95. The van der Waals surface area contributed by atoms with Crippen LogP contribution in [0, 0.1) is 6.92 Å². The average molecular weight is 237 g/mol. The van der Waals surface area contributed by atoms with Crippen molar-refractivity contribution >= 4 is 5.82 Å². The van der Waals surface area contributed by atoms with Gasteiger partial charge in [0, 0.05) is 32.2 Å². The Bertz CT molecular complexity index is 365. The summed E-state index contributed by atoms with van der Waals surface area (Å²) >= 11 is 0. The van der Waals surface area contributed by atoms with Crippen LogP contribution in [0.3, 0.4) is 0 Å². The van der Waals surface area contributed by atoms with E-state index in [-0.39, 0.29) is 0 Å². The molecule has 1 fully saturated rings. The van der Waals surface area contributed by atoms with E-state index >= 15 is 0 Å². The van der Waals surface area contributed by atoms with E-state index in [0.29, 0.717) is 12.5 Å². The number of aromatic nitrogens is 2. The van der Waals surface area contributed by atoms with Crippen LogP contribution in [0.2, 0.25) is 0 Å². The molecule has 1 aliphatic heterocycles.